The Morgan fingerprint density at radius 1 is 1.06 bits per heavy atom. The van der Waals surface area contributed by atoms with Crippen LogP contribution < -0.4 is 15.2 Å². The molecule has 1 aromatic carbocycles. The number of nitrogens with two attached hydrogens (primary N) is 1. The Bertz CT molecular complexity index is 1050. The monoisotopic (exact) mass is 490 g/mol. The van der Waals surface area contributed by atoms with E-state index < -0.39 is 23.1 Å². The van der Waals surface area contributed by atoms with E-state index in [2.05, 4.69) is 0 Å². The predicted octanol–water partition coefficient (Wildman–Crippen LogP) is 3.05. The van der Waals surface area contributed by atoms with Crippen LogP contribution in [0.5, 0.6) is 11.5 Å². The lowest BCUT2D eigenvalue weighted by Gasteiger charge is -2.33. The molecule has 34 heavy (non-hydrogen) atoms. The van der Waals surface area contributed by atoms with Gasteiger partial charge in [-0.3, -0.25) is 9.69 Å². The summed E-state index contributed by atoms with van der Waals surface area (Å²) >= 11 is 1.21. The Morgan fingerprint density at radius 2 is 1.74 bits per heavy atom. The summed E-state index contributed by atoms with van der Waals surface area (Å²) in [5, 5.41) is -0.127. The van der Waals surface area contributed by atoms with Gasteiger partial charge in [0.2, 0.25) is 5.91 Å². The first-order valence-corrected chi connectivity index (χ1v) is 12.0. The van der Waals surface area contributed by atoms with Gasteiger partial charge in [0.25, 0.3) is 0 Å². The molecule has 2 atom stereocenters. The van der Waals surface area contributed by atoms with Crippen molar-refractivity contribution in [3.05, 3.63) is 45.8 Å². The molecule has 0 saturated carbocycles. The molecule has 0 aliphatic carbocycles. The van der Waals surface area contributed by atoms with Gasteiger partial charge in [0.05, 0.1) is 54.8 Å². The molecule has 1 aromatic rings. The number of benzene rings is 1. The number of thioether (sulfide) groups is 1. The highest BCUT2D eigenvalue weighted by Crippen LogP contribution is 2.50. The summed E-state index contributed by atoms with van der Waals surface area (Å²) in [6, 6.07) is 5.08. The molecule has 9 nitrogen and oxygen atoms in total. The van der Waals surface area contributed by atoms with E-state index in [1.54, 1.807) is 32.0 Å². The second kappa shape index (κ2) is 10.9. The minimum atomic E-state index is -0.926. The van der Waals surface area contributed by atoms with Crippen molar-refractivity contribution in [2.45, 2.75) is 44.8 Å². The van der Waals surface area contributed by atoms with E-state index >= 15 is 0 Å². The van der Waals surface area contributed by atoms with E-state index in [0.717, 1.165) is 6.42 Å². The van der Waals surface area contributed by atoms with Crippen LogP contribution in [0.4, 0.5) is 0 Å². The van der Waals surface area contributed by atoms with Crippen LogP contribution in [0.15, 0.2) is 40.2 Å². The number of hydrogen-bond donors (Lipinski definition) is 1. The normalized spacial score (nSPS) is 19.8. The SMILES string of the molecule is CCCCOC(=O)C1=C(N)N2C(=O)C(C)SC2=C(C(=O)OCC)C1c1ccc(OC)c(OC)c1. The lowest BCUT2D eigenvalue weighted by atomic mass is 9.82. The molecular weight excluding hydrogens is 460 g/mol. The molecular formula is C24H30N2O7S. The van der Waals surface area contributed by atoms with Crippen molar-refractivity contribution in [2.75, 3.05) is 27.4 Å². The molecule has 3 rings (SSSR count). The van der Waals surface area contributed by atoms with Crippen LogP contribution in [0.2, 0.25) is 0 Å². The Morgan fingerprint density at radius 3 is 2.35 bits per heavy atom. The molecule has 1 saturated heterocycles. The van der Waals surface area contributed by atoms with Crippen molar-refractivity contribution in [1.29, 1.82) is 0 Å². The van der Waals surface area contributed by atoms with Gasteiger partial charge in [-0.2, -0.15) is 0 Å². The molecule has 2 aliphatic rings. The van der Waals surface area contributed by atoms with E-state index in [1.165, 1.54) is 30.9 Å². The number of amides is 1. The fourth-order valence-corrected chi connectivity index (χ4v) is 5.05. The number of carbonyl (C=O) groups is 3. The molecule has 10 heteroatoms. The molecule has 0 spiro atoms. The number of fused-ring (bicyclic) bond motifs is 1. The number of methoxy groups -OCH3 is 2. The number of esters is 2. The van der Waals surface area contributed by atoms with E-state index in [4.69, 9.17) is 24.7 Å². The fourth-order valence-electron chi connectivity index (χ4n) is 3.89. The number of carbonyl (C=O) groups excluding carboxylic acids is 3. The van der Waals surface area contributed by atoms with Gasteiger partial charge in [0.1, 0.15) is 5.82 Å². The maximum atomic E-state index is 13.3. The average Bonchev–Trinajstić information content (AvgIpc) is 3.12. The highest BCUT2D eigenvalue weighted by atomic mass is 32.2. The van der Waals surface area contributed by atoms with E-state index in [0.29, 0.717) is 28.5 Å². The quantitative estimate of drug-likeness (QED) is 0.412. The molecule has 1 amide bonds. The Balaban J connectivity index is 2.26. The van der Waals surface area contributed by atoms with Gasteiger partial charge < -0.3 is 24.7 Å². The van der Waals surface area contributed by atoms with Crippen molar-refractivity contribution in [2.24, 2.45) is 5.73 Å². The number of hydrogen-bond acceptors (Lipinski definition) is 9. The molecule has 1 fully saturated rings. The predicted molar refractivity (Wildman–Crippen MR) is 127 cm³/mol. The van der Waals surface area contributed by atoms with Gasteiger partial charge in [-0.25, -0.2) is 9.59 Å². The van der Waals surface area contributed by atoms with Crippen LogP contribution in [0.3, 0.4) is 0 Å². The molecule has 2 unspecified atom stereocenters. The maximum Gasteiger partial charge on any atom is 0.338 e. The molecule has 0 bridgehead atoms. The number of nitrogens with zero attached hydrogens (tertiary/aromatic N) is 1. The van der Waals surface area contributed by atoms with Crippen LogP contribution in [0.1, 0.15) is 45.1 Å². The Kier molecular flexibility index (Phi) is 8.14. The first-order valence-electron chi connectivity index (χ1n) is 11.1. The van der Waals surface area contributed by atoms with Crippen LogP contribution >= 0.6 is 11.8 Å². The average molecular weight is 491 g/mol. The van der Waals surface area contributed by atoms with Crippen LogP contribution in [-0.4, -0.2) is 55.4 Å². The Hall–Kier alpha value is -3.14. The zero-order valence-corrected chi connectivity index (χ0v) is 20.8. The van der Waals surface area contributed by atoms with Gasteiger partial charge in [0.15, 0.2) is 11.5 Å². The molecule has 2 heterocycles. The van der Waals surface area contributed by atoms with Crippen LogP contribution in [0, 0.1) is 0 Å². The third kappa shape index (κ3) is 4.59. The highest BCUT2D eigenvalue weighted by molar-refractivity contribution is 8.04. The molecule has 184 valence electrons. The van der Waals surface area contributed by atoms with Gasteiger partial charge in [0, 0.05) is 0 Å². The van der Waals surface area contributed by atoms with E-state index in [9.17, 15) is 14.4 Å². The summed E-state index contributed by atoms with van der Waals surface area (Å²) in [6.07, 6.45) is 1.50. The topological polar surface area (TPSA) is 117 Å². The van der Waals surface area contributed by atoms with Gasteiger partial charge in [-0.05, 0) is 38.0 Å². The smallest absolute Gasteiger partial charge is 0.338 e. The second-order valence-corrected chi connectivity index (χ2v) is 9.04. The van der Waals surface area contributed by atoms with Crippen LogP contribution in [0.25, 0.3) is 0 Å². The molecule has 0 radical (unpaired) electrons. The fraction of sp³-hybridized carbons (Fsp3) is 0.458. The largest absolute Gasteiger partial charge is 0.493 e. The lowest BCUT2D eigenvalue weighted by molar-refractivity contribution is -0.140. The lowest BCUT2D eigenvalue weighted by Crippen LogP contribution is -2.40. The minimum Gasteiger partial charge on any atom is -0.493 e. The number of rotatable bonds is 9. The van der Waals surface area contributed by atoms with E-state index in [-0.39, 0.29) is 36.1 Å². The number of unbranched alkanes of at least 4 members (excludes halogenated alkanes) is 1. The summed E-state index contributed by atoms with van der Waals surface area (Å²) < 4.78 is 21.6. The number of ether oxygens (including phenoxy) is 4. The summed E-state index contributed by atoms with van der Waals surface area (Å²) in [6.45, 7) is 5.70. The third-order valence-electron chi connectivity index (χ3n) is 5.57. The van der Waals surface area contributed by atoms with Crippen molar-refractivity contribution < 1.29 is 33.3 Å². The highest BCUT2D eigenvalue weighted by Gasteiger charge is 2.49. The summed E-state index contributed by atoms with van der Waals surface area (Å²) in [5.41, 5.74) is 7.16. The maximum absolute atomic E-state index is 13.3. The zero-order chi connectivity index (χ0) is 25.0. The molecule has 2 N–H and O–H groups in total. The van der Waals surface area contributed by atoms with Crippen molar-refractivity contribution in [3.8, 4) is 11.5 Å². The first-order chi connectivity index (χ1) is 16.3. The molecule has 2 aliphatic heterocycles. The summed E-state index contributed by atoms with van der Waals surface area (Å²) in [5.74, 6) is -1.72. The standard InChI is InChI=1S/C24H30N2O7S/c1-6-8-11-33-23(28)18-17(14-9-10-15(30-4)16(12-14)31-5)19(24(29)32-7-2)22-26(20(18)25)21(27)13(3)34-22/h9-10,12-13,17H,6-8,11,25H2,1-5H3. The van der Waals surface area contributed by atoms with Crippen molar-refractivity contribution in [1.82, 2.24) is 4.90 Å². The van der Waals surface area contributed by atoms with Gasteiger partial charge in [-0.1, -0.05) is 31.2 Å². The van der Waals surface area contributed by atoms with Crippen molar-refractivity contribution in [3.63, 3.8) is 0 Å². The van der Waals surface area contributed by atoms with Gasteiger partial charge >= 0.3 is 11.9 Å². The molecule has 0 aromatic heterocycles. The summed E-state index contributed by atoms with van der Waals surface area (Å²) in [4.78, 5) is 40.7. The van der Waals surface area contributed by atoms with Crippen molar-refractivity contribution >= 4 is 29.6 Å². The first kappa shape index (κ1) is 25.5. The second-order valence-electron chi connectivity index (χ2n) is 7.71. The summed E-state index contributed by atoms with van der Waals surface area (Å²) in [7, 11) is 3.00. The minimum absolute atomic E-state index is 0.0122. The van der Waals surface area contributed by atoms with E-state index in [1.807, 2.05) is 6.92 Å². The zero-order valence-electron chi connectivity index (χ0n) is 20.0. The van der Waals surface area contributed by atoms with Gasteiger partial charge in [-0.15, -0.1) is 0 Å². The van der Waals surface area contributed by atoms with Crippen LogP contribution in [-0.2, 0) is 23.9 Å². The Labute approximate surface area is 203 Å². The third-order valence-corrected chi connectivity index (χ3v) is 6.75.